The van der Waals surface area contributed by atoms with Gasteiger partial charge in [0.05, 0.1) is 58.8 Å². The van der Waals surface area contributed by atoms with Crippen molar-refractivity contribution in [1.29, 1.82) is 5.26 Å². The highest BCUT2D eigenvalue weighted by Crippen LogP contribution is 2.56. The van der Waals surface area contributed by atoms with Crippen molar-refractivity contribution < 1.29 is 13.2 Å². The predicted octanol–water partition coefficient (Wildman–Crippen LogP) is 6.47. The molecular weight excluding hydrogens is 637 g/mol. The van der Waals surface area contributed by atoms with Crippen molar-refractivity contribution in [2.45, 2.75) is 55.4 Å². The monoisotopic (exact) mass is 670 g/mol. The van der Waals surface area contributed by atoms with Gasteiger partial charge < -0.3 is 4.90 Å². The predicted molar refractivity (Wildman–Crippen MR) is 186 cm³/mol. The standard InChI is InChI=1S/C37H34N8O3S/c1-24(15-18-38)44-23-27(19-41-44)25-11-13-26(14-12-25)31-32-33-30(43(3)36(46)37(33)16-7-8-17-37)21-39-35(32)45(34(31)28-20-40-42(2)22-28)49(47,48)29-9-5-4-6-10-29/h4-6,9-14,19-24H,7-8,15-17H2,1-3H3. The van der Waals surface area contributed by atoms with Crippen molar-refractivity contribution >= 4 is 32.7 Å². The number of benzene rings is 2. The minimum absolute atomic E-state index is 0.0276. The lowest BCUT2D eigenvalue weighted by molar-refractivity contribution is -0.122. The lowest BCUT2D eigenvalue weighted by Gasteiger charge is -2.22. The number of aryl methyl sites for hydroxylation is 1. The molecule has 246 valence electrons. The molecule has 1 atom stereocenters. The molecule has 0 bridgehead atoms. The lowest BCUT2D eigenvalue weighted by atomic mass is 9.78. The highest BCUT2D eigenvalue weighted by Gasteiger charge is 2.53. The zero-order valence-corrected chi connectivity index (χ0v) is 28.2. The van der Waals surface area contributed by atoms with Crippen LogP contribution >= 0.6 is 0 Å². The number of likely N-dealkylation sites (N-methyl/N-ethyl adjacent to an activating group) is 1. The van der Waals surface area contributed by atoms with E-state index in [4.69, 9.17) is 10.2 Å². The summed E-state index contributed by atoms with van der Waals surface area (Å²) in [4.78, 5) is 20.8. The van der Waals surface area contributed by atoms with E-state index in [-0.39, 0.29) is 22.5 Å². The van der Waals surface area contributed by atoms with Gasteiger partial charge in [-0.1, -0.05) is 55.3 Å². The first-order valence-corrected chi connectivity index (χ1v) is 17.8. The minimum Gasteiger partial charge on any atom is -0.313 e. The molecule has 1 aliphatic heterocycles. The average Bonchev–Trinajstić information content (AvgIpc) is 3.95. The number of carbonyl (C=O) groups excluding carboxylic acids is 1. The van der Waals surface area contributed by atoms with Crippen LogP contribution in [0.4, 0.5) is 5.69 Å². The molecule has 8 rings (SSSR count). The molecule has 6 aromatic rings. The van der Waals surface area contributed by atoms with Crippen molar-refractivity contribution in [3.8, 4) is 39.6 Å². The largest absolute Gasteiger partial charge is 0.313 e. The number of hydrogen-bond donors (Lipinski definition) is 0. The van der Waals surface area contributed by atoms with Gasteiger partial charge in [-0.3, -0.25) is 14.2 Å². The normalized spacial score (nSPS) is 16.0. The fraction of sp³-hybridized carbons (Fsp3) is 0.270. The zero-order chi connectivity index (χ0) is 34.1. The van der Waals surface area contributed by atoms with Gasteiger partial charge in [-0.05, 0) is 43.0 Å². The molecule has 1 fully saturated rings. The maximum absolute atomic E-state index is 14.8. The van der Waals surface area contributed by atoms with Gasteiger partial charge in [0.1, 0.15) is 0 Å². The highest BCUT2D eigenvalue weighted by molar-refractivity contribution is 7.90. The van der Waals surface area contributed by atoms with Crippen molar-refractivity contribution in [2.24, 2.45) is 7.05 Å². The van der Waals surface area contributed by atoms with Gasteiger partial charge in [0.15, 0.2) is 5.65 Å². The van der Waals surface area contributed by atoms with Crippen molar-refractivity contribution in [2.75, 3.05) is 11.9 Å². The molecule has 49 heavy (non-hydrogen) atoms. The minimum atomic E-state index is -4.18. The number of hydrogen-bond acceptors (Lipinski definition) is 7. The molecule has 1 unspecified atom stereocenters. The quantitative estimate of drug-likeness (QED) is 0.190. The van der Waals surface area contributed by atoms with Gasteiger partial charge in [0, 0.05) is 54.1 Å². The molecular formula is C37H34N8O3S. The molecule has 0 N–H and O–H groups in total. The Morgan fingerprint density at radius 1 is 0.898 bits per heavy atom. The summed E-state index contributed by atoms with van der Waals surface area (Å²) < 4.78 is 34.3. The van der Waals surface area contributed by atoms with Crippen LogP contribution in [0.5, 0.6) is 0 Å². The molecule has 4 aromatic heterocycles. The number of nitriles is 1. The zero-order valence-electron chi connectivity index (χ0n) is 27.4. The number of amides is 1. The highest BCUT2D eigenvalue weighted by atomic mass is 32.2. The summed E-state index contributed by atoms with van der Waals surface area (Å²) in [6.07, 6.45) is 12.4. The Hall–Kier alpha value is -5.54. The molecule has 12 heteroatoms. The fourth-order valence-electron chi connectivity index (χ4n) is 7.73. The fourth-order valence-corrected chi connectivity index (χ4v) is 9.24. The summed E-state index contributed by atoms with van der Waals surface area (Å²) in [6.45, 7) is 1.95. The molecule has 2 aliphatic rings. The van der Waals surface area contributed by atoms with E-state index in [1.54, 1.807) is 77.3 Å². The molecule has 1 amide bonds. The number of fused-ring (bicyclic) bond motifs is 4. The van der Waals surface area contributed by atoms with Crippen LogP contribution in [0.1, 0.15) is 50.6 Å². The van der Waals surface area contributed by atoms with Crippen LogP contribution in [0.3, 0.4) is 0 Å². The third-order valence-electron chi connectivity index (χ3n) is 10.1. The van der Waals surface area contributed by atoms with Gasteiger partial charge in [0.25, 0.3) is 10.0 Å². The van der Waals surface area contributed by atoms with E-state index < -0.39 is 15.4 Å². The van der Waals surface area contributed by atoms with Gasteiger partial charge in [-0.2, -0.15) is 15.5 Å². The molecule has 1 aliphatic carbocycles. The third kappa shape index (κ3) is 4.56. The van der Waals surface area contributed by atoms with Crippen LogP contribution < -0.4 is 4.90 Å². The van der Waals surface area contributed by atoms with E-state index in [9.17, 15) is 13.2 Å². The molecule has 11 nitrogen and oxygen atoms in total. The maximum atomic E-state index is 14.8. The van der Waals surface area contributed by atoms with Crippen LogP contribution in [0.25, 0.3) is 44.5 Å². The van der Waals surface area contributed by atoms with E-state index >= 15 is 0 Å². The molecule has 1 saturated carbocycles. The lowest BCUT2D eigenvalue weighted by Crippen LogP contribution is -2.36. The molecule has 0 saturated heterocycles. The van der Waals surface area contributed by atoms with E-state index in [1.165, 1.54) is 3.97 Å². The summed E-state index contributed by atoms with van der Waals surface area (Å²) in [5.74, 6) is 0.0276. The first-order valence-electron chi connectivity index (χ1n) is 16.3. The molecule has 0 radical (unpaired) electrons. The van der Waals surface area contributed by atoms with Gasteiger partial charge >= 0.3 is 0 Å². The topological polar surface area (TPSA) is 132 Å². The number of anilines is 1. The first-order chi connectivity index (χ1) is 23.7. The second kappa shape index (κ2) is 11.3. The number of nitrogens with zero attached hydrogens (tertiary/aromatic N) is 8. The van der Waals surface area contributed by atoms with Gasteiger partial charge in [-0.15, -0.1) is 0 Å². The maximum Gasteiger partial charge on any atom is 0.269 e. The Bertz CT molecular complexity index is 2410. The molecule has 1 spiro atoms. The summed E-state index contributed by atoms with van der Waals surface area (Å²) >= 11 is 0. The third-order valence-corrected chi connectivity index (χ3v) is 11.8. The molecule has 2 aromatic carbocycles. The van der Waals surface area contributed by atoms with Crippen LogP contribution in [0.2, 0.25) is 0 Å². The average molecular weight is 671 g/mol. The number of rotatable bonds is 7. The van der Waals surface area contributed by atoms with Crippen LogP contribution in [0.15, 0.2) is 90.5 Å². The summed E-state index contributed by atoms with van der Waals surface area (Å²) in [5, 5.41) is 18.7. The number of aromatic nitrogens is 6. The van der Waals surface area contributed by atoms with E-state index in [0.717, 1.165) is 35.1 Å². The van der Waals surface area contributed by atoms with Crippen molar-refractivity contribution in [3.63, 3.8) is 0 Å². The second-order valence-corrected chi connectivity index (χ2v) is 14.9. The van der Waals surface area contributed by atoms with Gasteiger partial charge in [-0.25, -0.2) is 17.4 Å². The number of carbonyl (C=O) groups is 1. The van der Waals surface area contributed by atoms with Crippen molar-refractivity contribution in [1.82, 2.24) is 28.5 Å². The Morgan fingerprint density at radius 2 is 1.59 bits per heavy atom. The Labute approximate surface area is 284 Å². The Morgan fingerprint density at radius 3 is 2.27 bits per heavy atom. The Balaban J connectivity index is 1.45. The first kappa shape index (κ1) is 30.8. The van der Waals surface area contributed by atoms with Crippen molar-refractivity contribution in [3.05, 3.63) is 91.1 Å². The Kier molecular flexibility index (Phi) is 7.08. The van der Waals surface area contributed by atoms with Crippen LogP contribution in [-0.2, 0) is 27.3 Å². The molecule has 5 heterocycles. The second-order valence-electron chi connectivity index (χ2n) is 13.1. The van der Waals surface area contributed by atoms with E-state index in [2.05, 4.69) is 16.3 Å². The van der Waals surface area contributed by atoms with Crippen LogP contribution in [-0.4, -0.2) is 49.9 Å². The SMILES string of the molecule is CC(CC#N)n1cc(-c2ccc(-c3c(-c4cnn(C)c4)n(S(=O)(=O)c4ccccc4)c4ncc5c(c34)C3(CCCC3)C(=O)N5C)cc2)cn1. The summed E-state index contributed by atoms with van der Waals surface area (Å²) in [6, 6.07) is 18.5. The van der Waals surface area contributed by atoms with E-state index in [1.807, 2.05) is 43.6 Å². The van der Waals surface area contributed by atoms with E-state index in [0.29, 0.717) is 47.2 Å². The smallest absolute Gasteiger partial charge is 0.269 e. The summed E-state index contributed by atoms with van der Waals surface area (Å²) in [7, 11) is -0.596. The summed E-state index contributed by atoms with van der Waals surface area (Å²) in [5.41, 5.74) is 5.42. The number of pyridine rings is 1. The van der Waals surface area contributed by atoms with Crippen LogP contribution in [0, 0.1) is 11.3 Å². The van der Waals surface area contributed by atoms with Gasteiger partial charge in [0.2, 0.25) is 5.91 Å².